The smallest absolute Gasteiger partial charge is 0.261 e. The van der Waals surface area contributed by atoms with Gasteiger partial charge in [-0.1, -0.05) is 29.3 Å². The van der Waals surface area contributed by atoms with Crippen LogP contribution in [0.1, 0.15) is 0 Å². The zero-order chi connectivity index (χ0) is 14.9. The Kier molecular flexibility index (Phi) is 4.87. The Morgan fingerprint density at radius 2 is 1.75 bits per heavy atom. The molecule has 3 nitrogen and oxygen atoms in total. The number of halogens is 4. The van der Waals surface area contributed by atoms with E-state index in [4.69, 9.17) is 38.6 Å². The highest BCUT2D eigenvalue weighted by atomic mass is 79.9. The number of hydrogen-bond acceptors (Lipinski definition) is 3. The highest BCUT2D eigenvalue weighted by Gasteiger charge is 2.14. The second-order valence-corrected chi connectivity index (χ2v) is 7.89. The molecule has 2 rings (SSSR count). The van der Waals surface area contributed by atoms with Crippen molar-refractivity contribution in [1.29, 1.82) is 0 Å². The summed E-state index contributed by atoms with van der Waals surface area (Å²) in [5.74, 6) is 0.750. The van der Waals surface area contributed by atoms with E-state index in [9.17, 15) is 8.42 Å². The quantitative estimate of drug-likeness (QED) is 0.623. The molecule has 8 heteroatoms. The van der Waals surface area contributed by atoms with Crippen molar-refractivity contribution in [2.75, 3.05) is 0 Å². The van der Waals surface area contributed by atoms with Crippen LogP contribution in [0.2, 0.25) is 10.0 Å². The Balaban J connectivity index is 2.38. The summed E-state index contributed by atoms with van der Waals surface area (Å²) < 4.78 is 28.5. The van der Waals surface area contributed by atoms with Crippen LogP contribution >= 0.6 is 49.8 Å². The molecule has 0 N–H and O–H groups in total. The SMILES string of the molecule is O=S(=O)(Cl)c1ccc(Oc2cccc(Cl)c2Cl)c(Br)c1. The summed E-state index contributed by atoms with van der Waals surface area (Å²) in [5, 5.41) is 0.635. The lowest BCUT2D eigenvalue weighted by molar-refractivity contribution is 0.479. The van der Waals surface area contributed by atoms with Gasteiger partial charge in [0.25, 0.3) is 9.05 Å². The van der Waals surface area contributed by atoms with Crippen molar-refractivity contribution >= 4 is 58.9 Å². The van der Waals surface area contributed by atoms with Crippen molar-refractivity contribution in [2.45, 2.75) is 4.90 Å². The van der Waals surface area contributed by atoms with E-state index in [-0.39, 0.29) is 9.92 Å². The molecule has 0 saturated carbocycles. The van der Waals surface area contributed by atoms with Gasteiger partial charge in [-0.3, -0.25) is 0 Å². The Morgan fingerprint density at radius 1 is 1.05 bits per heavy atom. The Morgan fingerprint density at radius 3 is 2.35 bits per heavy atom. The summed E-state index contributed by atoms with van der Waals surface area (Å²) in [7, 11) is 1.47. The maximum absolute atomic E-state index is 11.2. The summed E-state index contributed by atoms with van der Waals surface area (Å²) in [6.07, 6.45) is 0. The Bertz CT molecular complexity index is 763. The van der Waals surface area contributed by atoms with Crippen LogP contribution in [0.15, 0.2) is 45.8 Å². The van der Waals surface area contributed by atoms with E-state index in [1.54, 1.807) is 18.2 Å². The second-order valence-electron chi connectivity index (χ2n) is 3.68. The molecule has 0 amide bonds. The molecule has 0 heterocycles. The van der Waals surface area contributed by atoms with E-state index in [1.807, 2.05) is 0 Å². The lowest BCUT2D eigenvalue weighted by Crippen LogP contribution is -1.92. The van der Waals surface area contributed by atoms with E-state index in [0.29, 0.717) is 21.0 Å². The lowest BCUT2D eigenvalue weighted by atomic mass is 10.3. The van der Waals surface area contributed by atoms with Crippen LogP contribution in [-0.2, 0) is 9.05 Å². The van der Waals surface area contributed by atoms with E-state index in [1.165, 1.54) is 18.2 Å². The van der Waals surface area contributed by atoms with Crippen molar-refractivity contribution in [2.24, 2.45) is 0 Å². The number of benzene rings is 2. The third kappa shape index (κ3) is 3.59. The molecule has 0 radical (unpaired) electrons. The van der Waals surface area contributed by atoms with Crippen LogP contribution in [-0.4, -0.2) is 8.42 Å². The number of ether oxygens (including phenoxy) is 1. The molecule has 0 bridgehead atoms. The summed E-state index contributed by atoms with van der Waals surface area (Å²) in [5.41, 5.74) is 0. The van der Waals surface area contributed by atoms with Gasteiger partial charge in [0, 0.05) is 10.7 Å². The minimum atomic E-state index is -3.79. The Hall–Kier alpha value is -0.460. The summed E-state index contributed by atoms with van der Waals surface area (Å²) >= 11 is 15.1. The predicted molar refractivity (Wildman–Crippen MR) is 83.7 cm³/mol. The van der Waals surface area contributed by atoms with Gasteiger partial charge in [0.1, 0.15) is 16.5 Å². The van der Waals surface area contributed by atoms with Gasteiger partial charge in [-0.25, -0.2) is 8.42 Å². The van der Waals surface area contributed by atoms with Crippen LogP contribution in [0.5, 0.6) is 11.5 Å². The van der Waals surface area contributed by atoms with Crippen molar-refractivity contribution < 1.29 is 13.2 Å². The molecule has 0 atom stereocenters. The first-order chi connectivity index (χ1) is 9.29. The highest BCUT2D eigenvalue weighted by Crippen LogP contribution is 2.38. The largest absolute Gasteiger partial charge is 0.455 e. The van der Waals surface area contributed by atoms with Crippen LogP contribution < -0.4 is 4.74 Å². The molecule has 0 saturated heterocycles. The molecule has 106 valence electrons. The molecule has 0 spiro atoms. The van der Waals surface area contributed by atoms with E-state index in [0.717, 1.165) is 0 Å². The van der Waals surface area contributed by atoms with Crippen LogP contribution in [0.25, 0.3) is 0 Å². The third-order valence-electron chi connectivity index (χ3n) is 2.32. The van der Waals surface area contributed by atoms with Gasteiger partial charge in [0.2, 0.25) is 0 Å². The fourth-order valence-electron chi connectivity index (χ4n) is 1.40. The fourth-order valence-corrected chi connectivity index (χ4v) is 3.12. The van der Waals surface area contributed by atoms with Crippen LogP contribution in [0, 0.1) is 0 Å². The maximum Gasteiger partial charge on any atom is 0.261 e. The number of rotatable bonds is 3. The van der Waals surface area contributed by atoms with Crippen LogP contribution in [0.4, 0.5) is 0 Å². The summed E-state index contributed by atoms with van der Waals surface area (Å²) in [4.78, 5) is -0.0319. The molecule has 0 aliphatic rings. The van der Waals surface area contributed by atoms with Gasteiger partial charge in [-0.2, -0.15) is 0 Å². The monoisotopic (exact) mass is 414 g/mol. The minimum Gasteiger partial charge on any atom is -0.455 e. The Labute approximate surface area is 139 Å². The van der Waals surface area contributed by atoms with Gasteiger partial charge in [-0.15, -0.1) is 0 Å². The summed E-state index contributed by atoms with van der Waals surface area (Å²) in [6.45, 7) is 0. The first kappa shape index (κ1) is 15.9. The van der Waals surface area contributed by atoms with Gasteiger partial charge >= 0.3 is 0 Å². The predicted octanol–water partition coefficient (Wildman–Crippen LogP) is 5.48. The van der Waals surface area contributed by atoms with Gasteiger partial charge in [0.15, 0.2) is 0 Å². The van der Waals surface area contributed by atoms with Crippen LogP contribution in [0.3, 0.4) is 0 Å². The zero-order valence-corrected chi connectivity index (χ0v) is 14.3. The third-order valence-corrected chi connectivity index (χ3v) is 5.09. The topological polar surface area (TPSA) is 43.4 Å². The van der Waals surface area contributed by atoms with Crippen molar-refractivity contribution in [1.82, 2.24) is 0 Å². The normalized spacial score (nSPS) is 11.4. The second kappa shape index (κ2) is 6.12. The van der Waals surface area contributed by atoms with Crippen molar-refractivity contribution in [3.05, 3.63) is 50.9 Å². The molecular formula is C12H6BrCl3O3S. The molecule has 2 aromatic rings. The van der Waals surface area contributed by atoms with E-state index < -0.39 is 9.05 Å². The molecule has 20 heavy (non-hydrogen) atoms. The number of hydrogen-bond donors (Lipinski definition) is 0. The maximum atomic E-state index is 11.2. The van der Waals surface area contributed by atoms with Gasteiger partial charge in [0.05, 0.1) is 14.4 Å². The van der Waals surface area contributed by atoms with E-state index in [2.05, 4.69) is 15.9 Å². The molecule has 0 fully saturated rings. The molecule has 2 aromatic carbocycles. The minimum absolute atomic E-state index is 0.0319. The molecule has 0 unspecified atom stereocenters. The van der Waals surface area contributed by atoms with Gasteiger partial charge in [-0.05, 0) is 46.3 Å². The lowest BCUT2D eigenvalue weighted by Gasteiger charge is -2.10. The summed E-state index contributed by atoms with van der Waals surface area (Å²) in [6, 6.07) is 9.12. The molecule has 0 aliphatic heterocycles. The molecule has 0 aromatic heterocycles. The first-order valence-corrected chi connectivity index (χ1v) is 9.01. The molecule has 0 aliphatic carbocycles. The highest BCUT2D eigenvalue weighted by molar-refractivity contribution is 9.10. The van der Waals surface area contributed by atoms with E-state index >= 15 is 0 Å². The average molecular weight is 417 g/mol. The standard InChI is InChI=1S/C12H6BrCl3O3S/c13-8-6-7(20(16,17)18)4-5-10(8)19-11-3-1-2-9(14)12(11)15/h1-6H. The van der Waals surface area contributed by atoms with Gasteiger partial charge < -0.3 is 4.74 Å². The van der Waals surface area contributed by atoms with Crippen molar-refractivity contribution in [3.63, 3.8) is 0 Å². The molecular weight excluding hydrogens is 410 g/mol. The first-order valence-electron chi connectivity index (χ1n) is 5.15. The average Bonchev–Trinajstić information content (AvgIpc) is 2.36. The fraction of sp³-hybridized carbons (Fsp3) is 0. The van der Waals surface area contributed by atoms with Crippen molar-refractivity contribution in [3.8, 4) is 11.5 Å². The zero-order valence-electron chi connectivity index (χ0n) is 9.61.